The molecule has 2 aliphatic heterocycles. The SMILES string of the molecule is COCON1C(=O)C(c2cc(C)c(Cl)cc2C)C(=O)C12CCN(OC)CC2. The zero-order chi connectivity index (χ0) is 19.8. The number of amides is 1. The van der Waals surface area contributed by atoms with Crippen molar-refractivity contribution in [2.45, 2.75) is 38.1 Å². The lowest BCUT2D eigenvalue weighted by atomic mass is 9.80. The minimum atomic E-state index is -1.00. The molecule has 2 fully saturated rings. The summed E-state index contributed by atoms with van der Waals surface area (Å²) >= 11 is 6.20. The lowest BCUT2D eigenvalue weighted by Crippen LogP contribution is -2.56. The number of rotatable bonds is 5. The van der Waals surface area contributed by atoms with Crippen molar-refractivity contribution >= 4 is 23.3 Å². The Bertz CT molecular complexity index is 746. The summed E-state index contributed by atoms with van der Waals surface area (Å²) in [6.07, 6.45) is 0.883. The van der Waals surface area contributed by atoms with Crippen LogP contribution in [0.1, 0.15) is 35.4 Å². The quantitative estimate of drug-likeness (QED) is 0.562. The number of Topliss-reactive ketones (excluding diaryl/α,β-unsaturated/α-hetero) is 1. The molecule has 0 aliphatic carbocycles. The number of hydrogen-bond acceptors (Lipinski definition) is 6. The third-order valence-corrected chi connectivity index (χ3v) is 5.93. The number of ketones is 1. The van der Waals surface area contributed by atoms with Gasteiger partial charge in [-0.2, -0.15) is 5.06 Å². The Kier molecular flexibility index (Phi) is 5.88. The van der Waals surface area contributed by atoms with Gasteiger partial charge < -0.3 is 9.57 Å². The third kappa shape index (κ3) is 3.39. The molecule has 1 unspecified atom stereocenters. The second-order valence-electron chi connectivity index (χ2n) is 7.07. The average molecular weight is 397 g/mol. The van der Waals surface area contributed by atoms with Crippen molar-refractivity contribution in [2.24, 2.45) is 0 Å². The van der Waals surface area contributed by atoms with Gasteiger partial charge in [0.15, 0.2) is 12.6 Å². The summed E-state index contributed by atoms with van der Waals surface area (Å²) in [6.45, 7) is 4.70. The zero-order valence-electron chi connectivity index (χ0n) is 16.1. The van der Waals surface area contributed by atoms with E-state index in [0.29, 0.717) is 36.5 Å². The van der Waals surface area contributed by atoms with Crippen molar-refractivity contribution in [1.29, 1.82) is 0 Å². The van der Waals surface area contributed by atoms with Gasteiger partial charge in [0.1, 0.15) is 11.5 Å². The molecule has 1 aromatic carbocycles. The predicted molar refractivity (Wildman–Crippen MR) is 99.0 cm³/mol. The van der Waals surface area contributed by atoms with E-state index in [0.717, 1.165) is 11.1 Å². The highest BCUT2D eigenvalue weighted by Gasteiger charge is 2.61. The van der Waals surface area contributed by atoms with Crippen LogP contribution in [0, 0.1) is 13.8 Å². The van der Waals surface area contributed by atoms with Gasteiger partial charge in [-0.05, 0) is 49.4 Å². The minimum absolute atomic E-state index is 0.0971. The maximum absolute atomic E-state index is 13.5. The molecule has 1 aromatic rings. The largest absolute Gasteiger partial charge is 0.356 e. The van der Waals surface area contributed by atoms with Crippen LogP contribution in [-0.2, 0) is 24.0 Å². The summed E-state index contributed by atoms with van der Waals surface area (Å²) in [5.41, 5.74) is 1.33. The van der Waals surface area contributed by atoms with Crippen LogP contribution in [0.2, 0.25) is 5.02 Å². The highest BCUT2D eigenvalue weighted by atomic mass is 35.5. The summed E-state index contributed by atoms with van der Waals surface area (Å²) < 4.78 is 4.98. The Labute approximate surface area is 164 Å². The van der Waals surface area contributed by atoms with Gasteiger partial charge in [0.2, 0.25) is 0 Å². The standard InChI is InChI=1S/C19H25ClN2O5/c1-12-10-15(20)13(2)9-14(12)16-17(23)19(5-7-21(26-4)8-6-19)22(18(16)24)27-11-25-3/h9-10,16H,5-8,11H2,1-4H3. The van der Waals surface area contributed by atoms with Crippen LogP contribution in [0.25, 0.3) is 0 Å². The first-order chi connectivity index (χ1) is 12.9. The van der Waals surface area contributed by atoms with Crippen LogP contribution in [0.3, 0.4) is 0 Å². The number of carbonyl (C=O) groups is 2. The van der Waals surface area contributed by atoms with E-state index < -0.39 is 11.5 Å². The van der Waals surface area contributed by atoms with E-state index in [4.69, 9.17) is 26.0 Å². The van der Waals surface area contributed by atoms with Gasteiger partial charge in [-0.3, -0.25) is 9.59 Å². The van der Waals surface area contributed by atoms with E-state index in [1.807, 2.05) is 19.9 Å². The molecule has 0 N–H and O–H groups in total. The first-order valence-electron chi connectivity index (χ1n) is 8.91. The van der Waals surface area contributed by atoms with Crippen LogP contribution >= 0.6 is 11.6 Å². The van der Waals surface area contributed by atoms with Gasteiger partial charge in [-0.15, -0.1) is 0 Å². The molecule has 8 heteroatoms. The number of methoxy groups -OCH3 is 1. The van der Waals surface area contributed by atoms with Gasteiger partial charge in [-0.25, -0.2) is 9.90 Å². The second-order valence-corrected chi connectivity index (χ2v) is 7.47. The van der Waals surface area contributed by atoms with Crippen LogP contribution in [-0.4, -0.2) is 61.5 Å². The summed E-state index contributed by atoms with van der Waals surface area (Å²) in [7, 11) is 3.08. The van der Waals surface area contributed by atoms with Gasteiger partial charge in [0.25, 0.3) is 5.91 Å². The molecule has 27 heavy (non-hydrogen) atoms. The number of aryl methyl sites for hydroxylation is 2. The topological polar surface area (TPSA) is 68.3 Å². The van der Waals surface area contributed by atoms with E-state index in [1.165, 1.54) is 12.2 Å². The zero-order valence-corrected chi connectivity index (χ0v) is 16.8. The number of piperidine rings is 1. The molecule has 0 aromatic heterocycles. The second kappa shape index (κ2) is 7.85. The number of hydrogen-bond donors (Lipinski definition) is 0. The van der Waals surface area contributed by atoms with Crippen LogP contribution in [0.15, 0.2) is 12.1 Å². The Hall–Kier alpha value is -1.51. The fraction of sp³-hybridized carbons (Fsp3) is 0.579. The van der Waals surface area contributed by atoms with E-state index in [9.17, 15) is 9.59 Å². The maximum atomic E-state index is 13.5. The molecule has 1 atom stereocenters. The van der Waals surface area contributed by atoms with Crippen molar-refractivity contribution in [1.82, 2.24) is 10.1 Å². The maximum Gasteiger partial charge on any atom is 0.262 e. The van der Waals surface area contributed by atoms with Crippen molar-refractivity contribution in [3.63, 3.8) is 0 Å². The Balaban J connectivity index is 2.01. The monoisotopic (exact) mass is 396 g/mol. The fourth-order valence-electron chi connectivity index (χ4n) is 3.98. The first-order valence-corrected chi connectivity index (χ1v) is 9.29. The highest BCUT2D eigenvalue weighted by molar-refractivity contribution is 6.31. The molecule has 3 rings (SSSR count). The number of hydroxylamine groups is 4. The molecule has 2 saturated heterocycles. The Morgan fingerprint density at radius 2 is 1.81 bits per heavy atom. The van der Waals surface area contributed by atoms with Gasteiger partial charge in [0, 0.05) is 25.2 Å². The van der Waals surface area contributed by atoms with Gasteiger partial charge in [-0.1, -0.05) is 17.7 Å². The van der Waals surface area contributed by atoms with Crippen molar-refractivity contribution in [3.8, 4) is 0 Å². The minimum Gasteiger partial charge on any atom is -0.356 e. The van der Waals surface area contributed by atoms with Gasteiger partial charge in [0.05, 0.1) is 7.11 Å². The Morgan fingerprint density at radius 3 is 2.41 bits per heavy atom. The molecule has 148 valence electrons. The summed E-state index contributed by atoms with van der Waals surface area (Å²) in [5, 5.41) is 3.65. The van der Waals surface area contributed by atoms with Crippen molar-refractivity contribution in [2.75, 3.05) is 34.1 Å². The van der Waals surface area contributed by atoms with E-state index in [1.54, 1.807) is 18.2 Å². The lowest BCUT2D eigenvalue weighted by Gasteiger charge is -2.41. The van der Waals surface area contributed by atoms with E-state index in [2.05, 4.69) is 0 Å². The third-order valence-electron chi connectivity index (χ3n) is 5.52. The molecule has 0 radical (unpaired) electrons. The van der Waals surface area contributed by atoms with E-state index in [-0.39, 0.29) is 18.5 Å². The molecule has 2 aliphatic rings. The van der Waals surface area contributed by atoms with Crippen molar-refractivity contribution < 1.29 is 24.0 Å². The van der Waals surface area contributed by atoms with Crippen LogP contribution in [0.4, 0.5) is 0 Å². The summed E-state index contributed by atoms with van der Waals surface area (Å²) in [6, 6.07) is 3.63. The number of ether oxygens (including phenoxy) is 1. The Morgan fingerprint density at radius 1 is 1.15 bits per heavy atom. The molecule has 2 heterocycles. The number of benzene rings is 1. The highest BCUT2D eigenvalue weighted by Crippen LogP contribution is 2.44. The van der Waals surface area contributed by atoms with Gasteiger partial charge >= 0.3 is 0 Å². The number of nitrogens with zero attached hydrogens (tertiary/aromatic N) is 2. The van der Waals surface area contributed by atoms with Crippen LogP contribution < -0.4 is 0 Å². The molecule has 7 nitrogen and oxygen atoms in total. The summed E-state index contributed by atoms with van der Waals surface area (Å²) in [4.78, 5) is 37.6. The fourth-order valence-corrected chi connectivity index (χ4v) is 4.20. The smallest absolute Gasteiger partial charge is 0.262 e. The first kappa shape index (κ1) is 20.2. The molecule has 0 saturated carbocycles. The normalized spacial score (nSPS) is 22.9. The summed E-state index contributed by atoms with van der Waals surface area (Å²) in [5.74, 6) is -1.39. The van der Waals surface area contributed by atoms with E-state index >= 15 is 0 Å². The number of halogens is 1. The molecule has 1 amide bonds. The molecule has 1 spiro atoms. The van der Waals surface area contributed by atoms with Crippen molar-refractivity contribution in [3.05, 3.63) is 33.8 Å². The molecular formula is C19H25ClN2O5. The molecular weight excluding hydrogens is 372 g/mol. The lowest BCUT2D eigenvalue weighted by molar-refractivity contribution is -0.256. The van der Waals surface area contributed by atoms with Crippen LogP contribution in [0.5, 0.6) is 0 Å². The molecule has 0 bridgehead atoms. The number of carbonyl (C=O) groups excluding carboxylic acids is 2. The predicted octanol–water partition coefficient (Wildman–Crippen LogP) is 2.38. The average Bonchev–Trinajstić information content (AvgIpc) is 2.84.